The van der Waals surface area contributed by atoms with Gasteiger partial charge in [-0.25, -0.2) is 0 Å². The van der Waals surface area contributed by atoms with Gasteiger partial charge in [-0.05, 0) is 39.5 Å². The van der Waals surface area contributed by atoms with Crippen LogP contribution in [0.3, 0.4) is 0 Å². The van der Waals surface area contributed by atoms with Crippen LogP contribution < -0.4 is 21.7 Å². The van der Waals surface area contributed by atoms with Gasteiger partial charge in [-0.15, -0.1) is 24.0 Å². The number of ketones is 1. The van der Waals surface area contributed by atoms with Gasteiger partial charge in [0.05, 0.1) is 18.0 Å². The molecule has 0 radical (unpaired) electrons. The van der Waals surface area contributed by atoms with E-state index in [4.69, 9.17) is 17.3 Å². The van der Waals surface area contributed by atoms with E-state index in [0.29, 0.717) is 25.8 Å². The van der Waals surface area contributed by atoms with Crippen LogP contribution in [0, 0.1) is 5.92 Å². The standard InChI is InChI=1S/C21H36ClN5O5.ClH/c1-6-11(2)17(16(28)10-22)26-20(31)15-8-7-9-27(15)21(32)14(5)25-19(30)13(4)24-18(29)12(3)23;/h11-15,17H,6-10,23H2,1-5H3,(H,24,29)(H,25,30)(H,26,31);1H/t11-,12-,13-,14-,15-,17-;/m0./s1. The fourth-order valence-corrected chi connectivity index (χ4v) is 3.64. The van der Waals surface area contributed by atoms with Gasteiger partial charge in [-0.1, -0.05) is 20.3 Å². The second-order valence-corrected chi connectivity index (χ2v) is 8.68. The minimum atomic E-state index is -0.902. The fourth-order valence-electron chi connectivity index (χ4n) is 3.47. The number of likely N-dealkylation sites (tertiary alicyclic amines) is 1. The average molecular weight is 510 g/mol. The first kappa shape index (κ1) is 31.1. The van der Waals surface area contributed by atoms with Crippen LogP contribution in [0.4, 0.5) is 0 Å². The summed E-state index contributed by atoms with van der Waals surface area (Å²) in [5.41, 5.74) is 5.48. The van der Waals surface area contributed by atoms with Crippen molar-refractivity contribution < 1.29 is 24.0 Å². The van der Waals surface area contributed by atoms with Gasteiger partial charge in [0.15, 0.2) is 5.78 Å². The molecule has 1 fully saturated rings. The summed E-state index contributed by atoms with van der Waals surface area (Å²) in [7, 11) is 0. The number of carbonyl (C=O) groups is 5. The van der Waals surface area contributed by atoms with E-state index >= 15 is 0 Å². The second kappa shape index (κ2) is 14.4. The number of hydrogen-bond donors (Lipinski definition) is 4. The highest BCUT2D eigenvalue weighted by Gasteiger charge is 2.38. The third kappa shape index (κ3) is 8.75. The van der Waals surface area contributed by atoms with Crippen LogP contribution in [-0.4, -0.2) is 76.9 Å². The predicted molar refractivity (Wildman–Crippen MR) is 128 cm³/mol. The third-order valence-electron chi connectivity index (χ3n) is 5.72. The van der Waals surface area contributed by atoms with Crippen molar-refractivity contribution in [2.24, 2.45) is 11.7 Å². The first-order valence-electron chi connectivity index (χ1n) is 11.0. The van der Waals surface area contributed by atoms with Crippen molar-refractivity contribution in [2.75, 3.05) is 12.4 Å². The zero-order valence-electron chi connectivity index (χ0n) is 19.9. The summed E-state index contributed by atoms with van der Waals surface area (Å²) in [5, 5.41) is 7.79. The number of alkyl halides is 1. The molecule has 0 unspecified atom stereocenters. The number of amides is 4. The number of Topliss-reactive ketones (excluding diaryl/α,β-unsaturated/α-hetero) is 1. The minimum Gasteiger partial charge on any atom is -0.344 e. The predicted octanol–water partition coefficient (Wildman–Crippen LogP) is 0.0946. The molecule has 1 saturated heterocycles. The van der Waals surface area contributed by atoms with E-state index in [9.17, 15) is 24.0 Å². The summed E-state index contributed by atoms with van der Waals surface area (Å²) in [4.78, 5) is 63.5. The topological polar surface area (TPSA) is 151 Å². The minimum absolute atomic E-state index is 0. The number of hydrogen-bond acceptors (Lipinski definition) is 6. The molecule has 4 amide bonds. The van der Waals surface area contributed by atoms with Gasteiger partial charge >= 0.3 is 0 Å². The van der Waals surface area contributed by atoms with E-state index in [1.807, 2.05) is 13.8 Å². The average Bonchev–Trinajstić information content (AvgIpc) is 3.25. The van der Waals surface area contributed by atoms with Crippen molar-refractivity contribution in [1.29, 1.82) is 0 Å². The molecule has 0 aromatic carbocycles. The molecule has 0 bridgehead atoms. The van der Waals surface area contributed by atoms with Gasteiger partial charge in [-0.3, -0.25) is 24.0 Å². The van der Waals surface area contributed by atoms with Gasteiger partial charge in [0, 0.05) is 6.54 Å². The SMILES string of the molecule is CC[C@H](C)[C@H](NC(=O)[C@@H]1CCCN1C(=O)[C@H](C)NC(=O)[C@H](C)NC(=O)[C@H](C)N)C(=O)CCl.Cl. The lowest BCUT2D eigenvalue weighted by Gasteiger charge is -2.30. The molecule has 1 aliphatic heterocycles. The molecule has 1 rings (SSSR count). The van der Waals surface area contributed by atoms with Crippen molar-refractivity contribution in [2.45, 2.75) is 84.1 Å². The van der Waals surface area contributed by atoms with Gasteiger partial charge in [-0.2, -0.15) is 0 Å². The van der Waals surface area contributed by atoms with Crippen molar-refractivity contribution in [3.05, 3.63) is 0 Å². The van der Waals surface area contributed by atoms with Crippen LogP contribution in [0.5, 0.6) is 0 Å². The number of halogens is 2. The van der Waals surface area contributed by atoms with Crippen LogP contribution in [0.2, 0.25) is 0 Å². The molecule has 12 heteroatoms. The third-order valence-corrected chi connectivity index (χ3v) is 5.99. The molecule has 6 atom stereocenters. The Hall–Kier alpha value is -1.91. The lowest BCUT2D eigenvalue weighted by molar-refractivity contribution is -0.142. The molecule has 0 spiro atoms. The molecule has 33 heavy (non-hydrogen) atoms. The van der Waals surface area contributed by atoms with E-state index in [0.717, 1.165) is 0 Å². The first-order chi connectivity index (χ1) is 14.9. The number of nitrogens with zero attached hydrogens (tertiary/aromatic N) is 1. The first-order valence-corrected chi connectivity index (χ1v) is 11.5. The summed E-state index contributed by atoms with van der Waals surface area (Å²) < 4.78 is 0. The van der Waals surface area contributed by atoms with E-state index < -0.39 is 53.8 Å². The Bertz CT molecular complexity index is 721. The molecule has 1 heterocycles. The van der Waals surface area contributed by atoms with E-state index in [-0.39, 0.29) is 30.0 Å². The highest BCUT2D eigenvalue weighted by atomic mass is 35.5. The number of rotatable bonds is 11. The van der Waals surface area contributed by atoms with Crippen molar-refractivity contribution in [1.82, 2.24) is 20.9 Å². The van der Waals surface area contributed by atoms with Crippen LogP contribution in [0.25, 0.3) is 0 Å². The zero-order valence-corrected chi connectivity index (χ0v) is 21.4. The molecule has 0 saturated carbocycles. The number of carbonyl (C=O) groups excluding carboxylic acids is 5. The number of nitrogens with two attached hydrogens (primary N) is 1. The Morgan fingerprint density at radius 2 is 1.58 bits per heavy atom. The maximum atomic E-state index is 13.0. The van der Waals surface area contributed by atoms with Gasteiger partial charge in [0.2, 0.25) is 23.6 Å². The second-order valence-electron chi connectivity index (χ2n) is 8.41. The highest BCUT2D eigenvalue weighted by Crippen LogP contribution is 2.20. The van der Waals surface area contributed by atoms with Crippen molar-refractivity contribution >= 4 is 53.4 Å². The Balaban J connectivity index is 0.0000102. The summed E-state index contributed by atoms with van der Waals surface area (Å²) in [6, 6.07) is -3.99. The lowest BCUT2D eigenvalue weighted by atomic mass is 9.95. The molecule has 190 valence electrons. The normalized spacial score (nSPS) is 19.8. The van der Waals surface area contributed by atoms with E-state index in [1.54, 1.807) is 0 Å². The highest BCUT2D eigenvalue weighted by molar-refractivity contribution is 6.28. The Morgan fingerprint density at radius 1 is 1.00 bits per heavy atom. The lowest BCUT2D eigenvalue weighted by Crippen LogP contribution is -2.57. The summed E-state index contributed by atoms with van der Waals surface area (Å²) in [6.45, 7) is 8.64. The molecule has 0 aromatic rings. The Labute approximate surface area is 206 Å². The van der Waals surface area contributed by atoms with Gasteiger partial charge in [0.1, 0.15) is 18.1 Å². The quantitative estimate of drug-likeness (QED) is 0.290. The summed E-state index contributed by atoms with van der Waals surface area (Å²) in [5.74, 6) is -2.41. The smallest absolute Gasteiger partial charge is 0.245 e. The molecule has 0 aromatic heterocycles. The zero-order chi connectivity index (χ0) is 24.6. The molecule has 0 aliphatic carbocycles. The molecule has 5 N–H and O–H groups in total. The van der Waals surface area contributed by atoms with Crippen LogP contribution in [-0.2, 0) is 24.0 Å². The monoisotopic (exact) mass is 509 g/mol. The summed E-state index contributed by atoms with van der Waals surface area (Å²) >= 11 is 5.70. The molecule has 1 aliphatic rings. The van der Waals surface area contributed by atoms with E-state index in [1.165, 1.54) is 25.7 Å². The van der Waals surface area contributed by atoms with E-state index in [2.05, 4.69) is 16.0 Å². The van der Waals surface area contributed by atoms with Crippen LogP contribution >= 0.6 is 24.0 Å². The largest absolute Gasteiger partial charge is 0.344 e. The Morgan fingerprint density at radius 3 is 2.09 bits per heavy atom. The fraction of sp³-hybridized carbons (Fsp3) is 0.762. The summed E-state index contributed by atoms with van der Waals surface area (Å²) in [6.07, 6.45) is 1.77. The van der Waals surface area contributed by atoms with Crippen LogP contribution in [0.1, 0.15) is 53.9 Å². The Kier molecular flexibility index (Phi) is 13.5. The molecular weight excluding hydrogens is 473 g/mol. The van der Waals surface area contributed by atoms with Crippen molar-refractivity contribution in [3.8, 4) is 0 Å². The van der Waals surface area contributed by atoms with Crippen molar-refractivity contribution in [3.63, 3.8) is 0 Å². The molecule has 10 nitrogen and oxygen atoms in total. The van der Waals surface area contributed by atoms with Gasteiger partial charge < -0.3 is 26.6 Å². The van der Waals surface area contributed by atoms with Crippen LogP contribution in [0.15, 0.2) is 0 Å². The molecular formula is C21H37Cl2N5O5. The van der Waals surface area contributed by atoms with Gasteiger partial charge in [0.25, 0.3) is 0 Å². The number of nitrogens with one attached hydrogen (secondary N) is 3. The maximum Gasteiger partial charge on any atom is 0.245 e. The maximum absolute atomic E-state index is 13.0.